The summed E-state index contributed by atoms with van der Waals surface area (Å²) in [5, 5.41) is 0. The van der Waals surface area contributed by atoms with E-state index in [2.05, 4.69) is 0 Å². The molecular weight excluding hydrogens is 350 g/mol. The standard InChI is InChI=1S/C15H25N3O4S2/c1-3-17(4-2)23(19,20)14-8-5-9-15(11-14)24(21,22)18-10-6-7-13(16)12-18/h5,8-9,11,13H,3-4,6-7,10,12,16H2,1-2H3/t13-/m1/s1. The Labute approximate surface area is 144 Å². The van der Waals surface area contributed by atoms with E-state index in [0.29, 0.717) is 26.1 Å². The molecule has 7 nitrogen and oxygen atoms in total. The Kier molecular flexibility index (Phi) is 6.03. The molecule has 9 heteroatoms. The van der Waals surface area contributed by atoms with Crippen LogP contribution < -0.4 is 5.73 Å². The molecule has 0 bridgehead atoms. The van der Waals surface area contributed by atoms with Gasteiger partial charge in [0.25, 0.3) is 0 Å². The van der Waals surface area contributed by atoms with E-state index >= 15 is 0 Å². The summed E-state index contributed by atoms with van der Waals surface area (Å²) in [5.74, 6) is 0. The molecular formula is C15H25N3O4S2. The first-order valence-corrected chi connectivity index (χ1v) is 11.0. The van der Waals surface area contributed by atoms with Gasteiger partial charge in [-0.25, -0.2) is 16.8 Å². The predicted molar refractivity (Wildman–Crippen MR) is 92.5 cm³/mol. The zero-order valence-corrected chi connectivity index (χ0v) is 15.7. The Morgan fingerprint density at radius 3 is 2.38 bits per heavy atom. The van der Waals surface area contributed by atoms with Crippen molar-refractivity contribution in [1.82, 2.24) is 8.61 Å². The highest BCUT2D eigenvalue weighted by Crippen LogP contribution is 2.24. The van der Waals surface area contributed by atoms with Gasteiger partial charge in [0, 0.05) is 32.2 Å². The summed E-state index contributed by atoms with van der Waals surface area (Å²) in [6.07, 6.45) is 1.50. The van der Waals surface area contributed by atoms with Crippen molar-refractivity contribution in [2.45, 2.75) is 42.5 Å². The van der Waals surface area contributed by atoms with E-state index in [9.17, 15) is 16.8 Å². The lowest BCUT2D eigenvalue weighted by molar-refractivity contribution is 0.316. The molecule has 2 rings (SSSR count). The Hall–Kier alpha value is -1.00. The lowest BCUT2D eigenvalue weighted by Gasteiger charge is -2.30. The number of hydrogen-bond donors (Lipinski definition) is 1. The molecule has 2 N–H and O–H groups in total. The van der Waals surface area contributed by atoms with Gasteiger partial charge >= 0.3 is 0 Å². The highest BCUT2D eigenvalue weighted by atomic mass is 32.2. The van der Waals surface area contributed by atoms with E-state index in [1.807, 2.05) is 0 Å². The van der Waals surface area contributed by atoms with E-state index in [4.69, 9.17) is 5.73 Å². The van der Waals surface area contributed by atoms with Crippen LogP contribution in [0.2, 0.25) is 0 Å². The van der Waals surface area contributed by atoms with Crippen LogP contribution in [0.25, 0.3) is 0 Å². The second-order valence-electron chi connectivity index (χ2n) is 5.83. The fraction of sp³-hybridized carbons (Fsp3) is 0.600. The second kappa shape index (κ2) is 7.49. The van der Waals surface area contributed by atoms with E-state index in [0.717, 1.165) is 6.42 Å². The van der Waals surface area contributed by atoms with Gasteiger partial charge in [0.2, 0.25) is 20.0 Å². The molecule has 1 fully saturated rings. The van der Waals surface area contributed by atoms with E-state index in [1.54, 1.807) is 13.8 Å². The molecule has 1 saturated heterocycles. The summed E-state index contributed by atoms with van der Waals surface area (Å²) in [4.78, 5) is -0.0154. The molecule has 1 aliphatic heterocycles. The third-order valence-corrected chi connectivity index (χ3v) is 8.11. The zero-order valence-electron chi connectivity index (χ0n) is 14.1. The number of rotatable bonds is 6. The number of sulfonamides is 2. The molecule has 0 aromatic heterocycles. The lowest BCUT2D eigenvalue weighted by atomic mass is 10.1. The SMILES string of the molecule is CCN(CC)S(=O)(=O)c1cccc(S(=O)(=O)N2CCC[C@@H](N)C2)c1. The molecule has 0 saturated carbocycles. The van der Waals surface area contributed by atoms with Crippen LogP contribution in [0.4, 0.5) is 0 Å². The van der Waals surface area contributed by atoms with Crippen molar-refractivity contribution in [1.29, 1.82) is 0 Å². The molecule has 1 aromatic carbocycles. The minimum Gasteiger partial charge on any atom is -0.327 e. The van der Waals surface area contributed by atoms with E-state index in [-0.39, 0.29) is 22.4 Å². The van der Waals surface area contributed by atoms with Crippen molar-refractivity contribution >= 4 is 20.0 Å². The Morgan fingerprint density at radius 2 is 1.79 bits per heavy atom. The molecule has 1 aromatic rings. The largest absolute Gasteiger partial charge is 0.327 e. The third-order valence-electron chi connectivity index (χ3n) is 4.21. The first-order valence-electron chi connectivity index (χ1n) is 8.09. The van der Waals surface area contributed by atoms with Crippen molar-refractivity contribution in [3.63, 3.8) is 0 Å². The van der Waals surface area contributed by atoms with E-state index < -0.39 is 20.0 Å². The van der Waals surface area contributed by atoms with Gasteiger partial charge in [-0.3, -0.25) is 0 Å². The molecule has 1 atom stereocenters. The van der Waals surface area contributed by atoms with Crippen molar-refractivity contribution < 1.29 is 16.8 Å². The monoisotopic (exact) mass is 375 g/mol. The number of nitrogens with zero attached hydrogens (tertiary/aromatic N) is 2. The predicted octanol–water partition coefficient (Wildman–Crippen LogP) is 0.829. The zero-order chi connectivity index (χ0) is 18.0. The number of benzene rings is 1. The number of piperidine rings is 1. The average Bonchev–Trinajstić information content (AvgIpc) is 2.56. The van der Waals surface area contributed by atoms with Gasteiger partial charge in [0.15, 0.2) is 0 Å². The van der Waals surface area contributed by atoms with Crippen LogP contribution in [0.15, 0.2) is 34.1 Å². The summed E-state index contributed by atoms with van der Waals surface area (Å²) in [6, 6.07) is 5.37. The maximum absolute atomic E-state index is 12.8. The summed E-state index contributed by atoms with van der Waals surface area (Å²) < 4.78 is 53.4. The molecule has 1 heterocycles. The quantitative estimate of drug-likeness (QED) is 0.794. The van der Waals surface area contributed by atoms with Gasteiger partial charge in [-0.15, -0.1) is 0 Å². The van der Waals surface area contributed by atoms with Crippen LogP contribution in [-0.2, 0) is 20.0 Å². The van der Waals surface area contributed by atoms with Gasteiger partial charge < -0.3 is 5.73 Å². The lowest BCUT2D eigenvalue weighted by Crippen LogP contribution is -2.45. The molecule has 24 heavy (non-hydrogen) atoms. The van der Waals surface area contributed by atoms with Crippen LogP contribution in [0.3, 0.4) is 0 Å². The topological polar surface area (TPSA) is 101 Å². The van der Waals surface area contributed by atoms with Crippen LogP contribution in [0.5, 0.6) is 0 Å². The molecule has 0 spiro atoms. The van der Waals surface area contributed by atoms with Crippen LogP contribution in [-0.4, -0.2) is 57.7 Å². The third kappa shape index (κ3) is 3.80. The first kappa shape index (κ1) is 19.3. The maximum Gasteiger partial charge on any atom is 0.243 e. The minimum atomic E-state index is -3.75. The highest BCUT2D eigenvalue weighted by molar-refractivity contribution is 7.90. The first-order chi connectivity index (χ1) is 11.2. The Bertz CT molecular complexity index is 774. The Morgan fingerprint density at radius 1 is 1.17 bits per heavy atom. The van der Waals surface area contributed by atoms with Crippen molar-refractivity contribution in [3.05, 3.63) is 24.3 Å². The minimum absolute atomic E-state index is 0.00594. The maximum atomic E-state index is 12.8. The van der Waals surface area contributed by atoms with Gasteiger partial charge in [0.05, 0.1) is 9.79 Å². The summed E-state index contributed by atoms with van der Waals surface area (Å²) >= 11 is 0. The molecule has 136 valence electrons. The van der Waals surface area contributed by atoms with Gasteiger partial charge in [-0.2, -0.15) is 8.61 Å². The number of nitrogens with two attached hydrogens (primary N) is 1. The molecule has 0 unspecified atom stereocenters. The van der Waals surface area contributed by atoms with E-state index in [1.165, 1.54) is 32.9 Å². The van der Waals surface area contributed by atoms with Crippen molar-refractivity contribution in [2.24, 2.45) is 5.73 Å². The summed E-state index contributed by atoms with van der Waals surface area (Å²) in [6.45, 7) is 4.82. The molecule has 0 amide bonds. The Balaban J connectivity index is 2.40. The second-order valence-corrected chi connectivity index (χ2v) is 9.71. The van der Waals surface area contributed by atoms with Gasteiger partial charge in [-0.05, 0) is 31.0 Å². The average molecular weight is 376 g/mol. The fourth-order valence-corrected chi connectivity index (χ4v) is 6.01. The van der Waals surface area contributed by atoms with Crippen LogP contribution in [0, 0.1) is 0 Å². The highest BCUT2D eigenvalue weighted by Gasteiger charge is 2.30. The fourth-order valence-electron chi connectivity index (χ4n) is 2.85. The van der Waals surface area contributed by atoms with Crippen LogP contribution in [0.1, 0.15) is 26.7 Å². The number of hydrogen-bond acceptors (Lipinski definition) is 5. The van der Waals surface area contributed by atoms with Gasteiger partial charge in [0.1, 0.15) is 0 Å². The molecule has 1 aliphatic rings. The van der Waals surface area contributed by atoms with Gasteiger partial charge in [-0.1, -0.05) is 19.9 Å². The normalized spacial score (nSPS) is 20.4. The van der Waals surface area contributed by atoms with Crippen molar-refractivity contribution in [3.8, 4) is 0 Å². The summed E-state index contributed by atoms with van der Waals surface area (Å²) in [5.41, 5.74) is 5.87. The molecule has 0 aliphatic carbocycles. The van der Waals surface area contributed by atoms with Crippen LogP contribution >= 0.6 is 0 Å². The summed E-state index contributed by atoms with van der Waals surface area (Å²) in [7, 11) is -7.45. The molecule has 0 radical (unpaired) electrons. The smallest absolute Gasteiger partial charge is 0.243 e. The van der Waals surface area contributed by atoms with Crippen molar-refractivity contribution in [2.75, 3.05) is 26.2 Å².